The van der Waals surface area contributed by atoms with E-state index >= 15 is 0 Å². The van der Waals surface area contributed by atoms with Gasteiger partial charge in [-0.15, -0.1) is 0 Å². The lowest BCUT2D eigenvalue weighted by molar-refractivity contribution is -0.134. The van der Waals surface area contributed by atoms with Crippen LogP contribution >= 0.6 is 0 Å². The van der Waals surface area contributed by atoms with E-state index in [-0.39, 0.29) is 23.1 Å². The number of carbonyl (C=O) groups is 1. The SMILES string of the molecule is COCCN(Cc1ccccc1F)C(=O)[C@H]1CC1(C)C. The van der Waals surface area contributed by atoms with Crippen molar-refractivity contribution in [3.63, 3.8) is 0 Å². The van der Waals surface area contributed by atoms with Gasteiger partial charge >= 0.3 is 0 Å². The van der Waals surface area contributed by atoms with E-state index in [0.29, 0.717) is 25.3 Å². The first-order chi connectivity index (χ1) is 9.45. The fourth-order valence-electron chi connectivity index (χ4n) is 2.41. The molecule has 1 aromatic rings. The molecule has 2 rings (SSSR count). The van der Waals surface area contributed by atoms with Crippen molar-refractivity contribution in [2.45, 2.75) is 26.8 Å². The van der Waals surface area contributed by atoms with Gasteiger partial charge in [0, 0.05) is 31.7 Å². The molecule has 0 aromatic heterocycles. The fraction of sp³-hybridized carbons (Fsp3) is 0.562. The van der Waals surface area contributed by atoms with Gasteiger partial charge in [0.1, 0.15) is 5.82 Å². The van der Waals surface area contributed by atoms with Gasteiger partial charge in [-0.25, -0.2) is 4.39 Å². The van der Waals surface area contributed by atoms with Crippen LogP contribution in [0.15, 0.2) is 24.3 Å². The van der Waals surface area contributed by atoms with Gasteiger partial charge in [-0.05, 0) is 17.9 Å². The average Bonchev–Trinajstić information content (AvgIpc) is 3.05. The summed E-state index contributed by atoms with van der Waals surface area (Å²) in [4.78, 5) is 14.2. The van der Waals surface area contributed by atoms with Crippen molar-refractivity contribution >= 4 is 5.91 Å². The Labute approximate surface area is 119 Å². The van der Waals surface area contributed by atoms with Crippen molar-refractivity contribution < 1.29 is 13.9 Å². The minimum absolute atomic E-state index is 0.0612. The number of nitrogens with zero attached hydrogens (tertiary/aromatic N) is 1. The van der Waals surface area contributed by atoms with Crippen LogP contribution < -0.4 is 0 Å². The summed E-state index contributed by atoms with van der Waals surface area (Å²) >= 11 is 0. The zero-order chi connectivity index (χ0) is 14.8. The molecule has 20 heavy (non-hydrogen) atoms. The highest BCUT2D eigenvalue weighted by molar-refractivity contribution is 5.82. The Morgan fingerprint density at radius 3 is 2.65 bits per heavy atom. The molecule has 0 N–H and O–H groups in total. The molecule has 1 atom stereocenters. The maximum absolute atomic E-state index is 13.7. The number of hydrogen-bond acceptors (Lipinski definition) is 2. The van der Waals surface area contributed by atoms with Gasteiger partial charge in [-0.2, -0.15) is 0 Å². The fourth-order valence-corrected chi connectivity index (χ4v) is 2.41. The third kappa shape index (κ3) is 3.37. The first kappa shape index (κ1) is 15.0. The van der Waals surface area contributed by atoms with Gasteiger partial charge < -0.3 is 9.64 Å². The van der Waals surface area contributed by atoms with Gasteiger partial charge in [0.25, 0.3) is 0 Å². The average molecular weight is 279 g/mol. The zero-order valence-electron chi connectivity index (χ0n) is 12.4. The molecule has 0 aliphatic heterocycles. The normalized spacial score (nSPS) is 19.7. The van der Waals surface area contributed by atoms with E-state index in [1.165, 1.54) is 6.07 Å². The number of hydrogen-bond donors (Lipinski definition) is 0. The molecule has 1 saturated carbocycles. The molecule has 1 aliphatic carbocycles. The summed E-state index contributed by atoms with van der Waals surface area (Å²) in [6.45, 7) is 5.45. The molecule has 1 amide bonds. The lowest BCUT2D eigenvalue weighted by atomic mass is 10.1. The van der Waals surface area contributed by atoms with Crippen molar-refractivity contribution in [3.05, 3.63) is 35.6 Å². The van der Waals surface area contributed by atoms with Crippen LogP contribution in [-0.4, -0.2) is 31.1 Å². The van der Waals surface area contributed by atoms with Crippen LogP contribution in [0.25, 0.3) is 0 Å². The minimum Gasteiger partial charge on any atom is -0.383 e. The molecule has 0 unspecified atom stereocenters. The zero-order valence-corrected chi connectivity index (χ0v) is 12.4. The number of carbonyl (C=O) groups excluding carboxylic acids is 1. The highest BCUT2D eigenvalue weighted by Gasteiger charge is 2.51. The molecule has 0 radical (unpaired) electrons. The van der Waals surface area contributed by atoms with E-state index < -0.39 is 0 Å². The van der Waals surface area contributed by atoms with Crippen LogP contribution in [0.3, 0.4) is 0 Å². The molecule has 0 spiro atoms. The van der Waals surface area contributed by atoms with Crippen molar-refractivity contribution in [2.75, 3.05) is 20.3 Å². The van der Waals surface area contributed by atoms with Gasteiger partial charge in [0.05, 0.1) is 6.61 Å². The molecular weight excluding hydrogens is 257 g/mol. The van der Waals surface area contributed by atoms with Crippen LogP contribution in [0.2, 0.25) is 0 Å². The van der Waals surface area contributed by atoms with Crippen molar-refractivity contribution in [1.29, 1.82) is 0 Å². The summed E-state index contributed by atoms with van der Waals surface area (Å²) in [5.74, 6) is -0.0980. The second kappa shape index (κ2) is 5.92. The number of amides is 1. The molecule has 1 aliphatic rings. The maximum atomic E-state index is 13.7. The van der Waals surface area contributed by atoms with E-state index in [9.17, 15) is 9.18 Å². The Morgan fingerprint density at radius 1 is 1.45 bits per heavy atom. The van der Waals surface area contributed by atoms with Crippen LogP contribution in [0.1, 0.15) is 25.8 Å². The lowest BCUT2D eigenvalue weighted by Crippen LogP contribution is -2.35. The van der Waals surface area contributed by atoms with Crippen LogP contribution in [0, 0.1) is 17.2 Å². The minimum atomic E-state index is -0.266. The first-order valence-corrected chi connectivity index (χ1v) is 6.97. The Kier molecular flexibility index (Phi) is 4.43. The van der Waals surface area contributed by atoms with Crippen molar-refractivity contribution in [2.24, 2.45) is 11.3 Å². The predicted octanol–water partition coefficient (Wildman–Crippen LogP) is 2.85. The van der Waals surface area contributed by atoms with Gasteiger partial charge in [0.2, 0.25) is 5.91 Å². The molecule has 0 saturated heterocycles. The molecule has 110 valence electrons. The third-order valence-electron chi connectivity index (χ3n) is 4.01. The first-order valence-electron chi connectivity index (χ1n) is 6.97. The third-order valence-corrected chi connectivity index (χ3v) is 4.01. The standard InChI is InChI=1S/C16H22FNO2/c1-16(2)10-13(16)15(19)18(8-9-20-3)11-12-6-4-5-7-14(12)17/h4-7,13H,8-11H2,1-3H3/t13-/m1/s1. The van der Waals surface area contributed by atoms with Crippen LogP contribution in [-0.2, 0) is 16.1 Å². The Balaban J connectivity index is 2.08. The second-order valence-electron chi connectivity index (χ2n) is 6.09. The summed E-state index contributed by atoms with van der Waals surface area (Å²) in [5.41, 5.74) is 0.632. The van der Waals surface area contributed by atoms with Crippen molar-refractivity contribution in [3.8, 4) is 0 Å². The summed E-state index contributed by atoms with van der Waals surface area (Å²) in [5, 5.41) is 0. The van der Waals surface area contributed by atoms with E-state index in [2.05, 4.69) is 13.8 Å². The Hall–Kier alpha value is -1.42. The summed E-state index contributed by atoms with van der Waals surface area (Å²) < 4.78 is 18.8. The highest BCUT2D eigenvalue weighted by atomic mass is 19.1. The molecular formula is C16H22FNO2. The van der Waals surface area contributed by atoms with E-state index in [1.54, 1.807) is 30.2 Å². The molecule has 3 nitrogen and oxygen atoms in total. The quantitative estimate of drug-likeness (QED) is 0.801. The monoisotopic (exact) mass is 279 g/mol. The molecule has 4 heteroatoms. The molecule has 1 fully saturated rings. The van der Waals surface area contributed by atoms with Gasteiger partial charge in [-0.1, -0.05) is 32.0 Å². The van der Waals surface area contributed by atoms with Crippen molar-refractivity contribution in [1.82, 2.24) is 4.90 Å². The molecule has 0 bridgehead atoms. The Bertz CT molecular complexity index is 487. The lowest BCUT2D eigenvalue weighted by Gasteiger charge is -2.23. The van der Waals surface area contributed by atoms with Crippen LogP contribution in [0.4, 0.5) is 4.39 Å². The maximum Gasteiger partial charge on any atom is 0.226 e. The number of halogens is 1. The second-order valence-corrected chi connectivity index (χ2v) is 6.09. The van der Waals surface area contributed by atoms with Crippen LogP contribution in [0.5, 0.6) is 0 Å². The molecule has 0 heterocycles. The topological polar surface area (TPSA) is 29.5 Å². The smallest absolute Gasteiger partial charge is 0.226 e. The van der Waals surface area contributed by atoms with E-state index in [1.807, 2.05) is 0 Å². The number of benzene rings is 1. The molecule has 1 aromatic carbocycles. The number of methoxy groups -OCH3 is 1. The number of ether oxygens (including phenoxy) is 1. The van der Waals surface area contributed by atoms with Gasteiger partial charge in [-0.3, -0.25) is 4.79 Å². The summed E-state index contributed by atoms with van der Waals surface area (Å²) in [6, 6.07) is 6.60. The highest BCUT2D eigenvalue weighted by Crippen LogP contribution is 2.52. The predicted molar refractivity (Wildman–Crippen MR) is 75.6 cm³/mol. The summed E-state index contributed by atoms with van der Waals surface area (Å²) in [7, 11) is 1.60. The number of rotatable bonds is 6. The van der Waals surface area contributed by atoms with E-state index in [4.69, 9.17) is 4.74 Å². The largest absolute Gasteiger partial charge is 0.383 e. The van der Waals surface area contributed by atoms with E-state index in [0.717, 1.165) is 6.42 Å². The Morgan fingerprint density at radius 2 is 2.10 bits per heavy atom. The summed E-state index contributed by atoms with van der Waals surface area (Å²) in [6.07, 6.45) is 0.909. The van der Waals surface area contributed by atoms with Gasteiger partial charge in [0.15, 0.2) is 0 Å².